The first-order valence-corrected chi connectivity index (χ1v) is 7.43. The molecule has 1 aromatic rings. The van der Waals surface area contributed by atoms with Crippen molar-refractivity contribution in [3.63, 3.8) is 0 Å². The number of rotatable bonds is 5. The molecule has 0 radical (unpaired) electrons. The molecule has 23 heavy (non-hydrogen) atoms. The van der Waals surface area contributed by atoms with E-state index >= 15 is 0 Å². The first-order chi connectivity index (χ1) is 11.0. The van der Waals surface area contributed by atoms with Gasteiger partial charge in [-0.25, -0.2) is 4.79 Å². The van der Waals surface area contributed by atoms with Crippen LogP contribution in [0.25, 0.3) is 0 Å². The van der Waals surface area contributed by atoms with Gasteiger partial charge in [0, 0.05) is 5.70 Å². The number of methoxy groups -OCH3 is 2. The van der Waals surface area contributed by atoms with Gasteiger partial charge in [-0.3, -0.25) is 4.99 Å². The van der Waals surface area contributed by atoms with Crippen LogP contribution in [0.3, 0.4) is 0 Å². The van der Waals surface area contributed by atoms with Gasteiger partial charge in [-0.1, -0.05) is 6.07 Å². The number of nitrogens with one attached hydrogen (secondary N) is 1. The van der Waals surface area contributed by atoms with Gasteiger partial charge >= 0.3 is 5.97 Å². The van der Waals surface area contributed by atoms with E-state index in [1.165, 1.54) is 0 Å². The molecule has 124 valence electrons. The maximum absolute atomic E-state index is 12.3. The quantitative estimate of drug-likeness (QED) is 0.845. The molecule has 2 rings (SSSR count). The largest absolute Gasteiger partial charge is 0.493 e. The van der Waals surface area contributed by atoms with Crippen LogP contribution in [0.4, 0.5) is 0 Å². The molecule has 6 heteroatoms. The monoisotopic (exact) mass is 318 g/mol. The minimum absolute atomic E-state index is 0.316. The van der Waals surface area contributed by atoms with Crippen molar-refractivity contribution >= 4 is 11.8 Å². The van der Waals surface area contributed by atoms with Gasteiger partial charge in [0.25, 0.3) is 0 Å². The summed E-state index contributed by atoms with van der Waals surface area (Å²) in [6.45, 7) is 5.80. The number of amidine groups is 1. The molecular formula is C17H22N2O4. The smallest absolute Gasteiger partial charge is 0.338 e. The van der Waals surface area contributed by atoms with E-state index in [0.29, 0.717) is 23.7 Å². The summed E-state index contributed by atoms with van der Waals surface area (Å²) in [4.78, 5) is 16.9. The van der Waals surface area contributed by atoms with Crippen molar-refractivity contribution in [1.29, 1.82) is 0 Å². The van der Waals surface area contributed by atoms with Crippen LogP contribution in [-0.4, -0.2) is 32.6 Å². The predicted molar refractivity (Wildman–Crippen MR) is 87.9 cm³/mol. The molecule has 1 aliphatic heterocycles. The first-order valence-electron chi connectivity index (χ1n) is 7.43. The molecule has 0 aliphatic carbocycles. The van der Waals surface area contributed by atoms with Crippen molar-refractivity contribution < 1.29 is 19.0 Å². The van der Waals surface area contributed by atoms with Crippen molar-refractivity contribution in [2.45, 2.75) is 26.8 Å². The molecule has 0 aromatic heterocycles. The Morgan fingerprint density at radius 3 is 2.52 bits per heavy atom. The van der Waals surface area contributed by atoms with E-state index in [9.17, 15) is 4.79 Å². The van der Waals surface area contributed by atoms with E-state index in [2.05, 4.69) is 10.3 Å². The number of carbonyl (C=O) groups excluding carboxylic acids is 1. The molecule has 1 unspecified atom stereocenters. The number of aliphatic imine (C=N–C) groups is 1. The van der Waals surface area contributed by atoms with Crippen molar-refractivity contribution in [1.82, 2.24) is 5.32 Å². The molecule has 0 fully saturated rings. The fourth-order valence-corrected chi connectivity index (χ4v) is 2.57. The van der Waals surface area contributed by atoms with Crippen LogP contribution in [0.15, 0.2) is 34.5 Å². The third-order valence-corrected chi connectivity index (χ3v) is 3.59. The number of benzene rings is 1. The van der Waals surface area contributed by atoms with Crippen LogP contribution in [0, 0.1) is 0 Å². The van der Waals surface area contributed by atoms with Gasteiger partial charge in [-0.2, -0.15) is 0 Å². The van der Waals surface area contributed by atoms with Crippen LogP contribution in [0.5, 0.6) is 11.5 Å². The van der Waals surface area contributed by atoms with E-state index in [4.69, 9.17) is 14.2 Å². The average Bonchev–Trinajstić information content (AvgIpc) is 2.53. The van der Waals surface area contributed by atoms with Crippen LogP contribution in [0.1, 0.15) is 32.4 Å². The lowest BCUT2D eigenvalue weighted by atomic mass is 9.95. The van der Waals surface area contributed by atoms with Gasteiger partial charge in [0.05, 0.1) is 32.2 Å². The zero-order valence-electron chi connectivity index (χ0n) is 14.1. The Morgan fingerprint density at radius 2 is 1.91 bits per heavy atom. The highest BCUT2D eigenvalue weighted by Crippen LogP contribution is 2.36. The van der Waals surface area contributed by atoms with Gasteiger partial charge < -0.3 is 19.5 Å². The number of ether oxygens (including phenoxy) is 3. The Labute approximate surface area is 136 Å². The Kier molecular flexibility index (Phi) is 5.26. The summed E-state index contributed by atoms with van der Waals surface area (Å²) >= 11 is 0. The Hall–Kier alpha value is -2.50. The lowest BCUT2D eigenvalue weighted by Crippen LogP contribution is -2.30. The predicted octanol–water partition coefficient (Wildman–Crippen LogP) is 2.60. The van der Waals surface area contributed by atoms with E-state index in [0.717, 1.165) is 17.1 Å². The number of esters is 1. The fraction of sp³-hybridized carbons (Fsp3) is 0.412. The number of nitrogens with zero attached hydrogens (tertiary/aromatic N) is 1. The zero-order valence-corrected chi connectivity index (χ0v) is 14.1. The van der Waals surface area contributed by atoms with Crippen molar-refractivity contribution in [3.8, 4) is 11.5 Å². The number of allylic oxidation sites excluding steroid dienone is 1. The number of hydrogen-bond acceptors (Lipinski definition) is 6. The highest BCUT2D eigenvalue weighted by atomic mass is 16.5. The van der Waals surface area contributed by atoms with Crippen molar-refractivity contribution in [2.75, 3.05) is 20.8 Å². The second-order valence-corrected chi connectivity index (χ2v) is 5.12. The van der Waals surface area contributed by atoms with E-state index in [-0.39, 0.29) is 5.97 Å². The zero-order chi connectivity index (χ0) is 17.0. The van der Waals surface area contributed by atoms with E-state index < -0.39 is 6.04 Å². The van der Waals surface area contributed by atoms with Crippen molar-refractivity contribution in [3.05, 3.63) is 35.0 Å². The van der Waals surface area contributed by atoms with Crippen molar-refractivity contribution in [2.24, 2.45) is 4.99 Å². The van der Waals surface area contributed by atoms with Gasteiger partial charge in [0.2, 0.25) is 0 Å². The molecule has 0 bridgehead atoms. The first kappa shape index (κ1) is 16.9. The molecule has 0 saturated carbocycles. The lowest BCUT2D eigenvalue weighted by Gasteiger charge is -2.25. The van der Waals surface area contributed by atoms with Crippen LogP contribution < -0.4 is 14.8 Å². The van der Waals surface area contributed by atoms with Gasteiger partial charge in [-0.15, -0.1) is 0 Å². The molecule has 1 aromatic carbocycles. The van der Waals surface area contributed by atoms with Crippen LogP contribution in [-0.2, 0) is 9.53 Å². The Bertz CT molecular complexity index is 665. The van der Waals surface area contributed by atoms with Gasteiger partial charge in [0.1, 0.15) is 6.04 Å². The maximum Gasteiger partial charge on any atom is 0.338 e. The molecule has 0 amide bonds. The normalized spacial score (nSPS) is 17.3. The highest BCUT2D eigenvalue weighted by Gasteiger charge is 2.29. The molecule has 1 atom stereocenters. The minimum Gasteiger partial charge on any atom is -0.493 e. The van der Waals surface area contributed by atoms with E-state index in [1.54, 1.807) is 27.2 Å². The second-order valence-electron chi connectivity index (χ2n) is 5.12. The van der Waals surface area contributed by atoms with Gasteiger partial charge in [-0.05, 0) is 38.5 Å². The summed E-state index contributed by atoms with van der Waals surface area (Å²) in [5.74, 6) is 1.60. The van der Waals surface area contributed by atoms with Gasteiger partial charge in [0.15, 0.2) is 11.5 Å². The number of hydrogen-bond donors (Lipinski definition) is 1. The Balaban J connectivity index is 2.49. The molecule has 1 N–H and O–H groups in total. The fourth-order valence-electron chi connectivity index (χ4n) is 2.57. The maximum atomic E-state index is 12.3. The Morgan fingerprint density at radius 1 is 1.22 bits per heavy atom. The molecule has 1 aliphatic rings. The second kappa shape index (κ2) is 7.17. The molecule has 1 heterocycles. The topological polar surface area (TPSA) is 69.2 Å². The summed E-state index contributed by atoms with van der Waals surface area (Å²) in [5.41, 5.74) is 2.09. The van der Waals surface area contributed by atoms with Crippen LogP contribution >= 0.6 is 0 Å². The molecular weight excluding hydrogens is 296 g/mol. The SMILES string of the molecule is CCOC(=O)C1=C(C)NC(C)=NC1c1ccc(OC)c(OC)c1. The molecule has 0 spiro atoms. The summed E-state index contributed by atoms with van der Waals surface area (Å²) in [5, 5.41) is 3.09. The number of carbonyl (C=O) groups is 1. The highest BCUT2D eigenvalue weighted by molar-refractivity contribution is 5.95. The average molecular weight is 318 g/mol. The minimum atomic E-state index is -0.435. The lowest BCUT2D eigenvalue weighted by molar-refractivity contribution is -0.138. The standard InChI is InChI=1S/C17H22N2O4/c1-6-23-17(20)15-10(2)18-11(3)19-16(15)12-7-8-13(21-4)14(9-12)22-5/h7-9,16H,6H2,1-5H3,(H,18,19). The third kappa shape index (κ3) is 3.47. The summed E-state index contributed by atoms with van der Waals surface area (Å²) < 4.78 is 15.8. The summed E-state index contributed by atoms with van der Waals surface area (Å²) in [7, 11) is 3.16. The summed E-state index contributed by atoms with van der Waals surface area (Å²) in [6, 6.07) is 5.08. The molecule has 0 saturated heterocycles. The van der Waals surface area contributed by atoms with Crippen LogP contribution in [0.2, 0.25) is 0 Å². The molecule has 6 nitrogen and oxygen atoms in total. The summed E-state index contributed by atoms with van der Waals surface area (Å²) in [6.07, 6.45) is 0. The van der Waals surface area contributed by atoms with E-state index in [1.807, 2.05) is 26.0 Å². The third-order valence-electron chi connectivity index (χ3n) is 3.59.